The van der Waals surface area contributed by atoms with Crippen LogP contribution in [0, 0.1) is 0 Å². The second kappa shape index (κ2) is 9.26. The maximum atomic E-state index is 11.9. The van der Waals surface area contributed by atoms with E-state index >= 15 is 0 Å². The fourth-order valence-electron chi connectivity index (χ4n) is 1.98. The van der Waals surface area contributed by atoms with Crippen molar-refractivity contribution in [2.45, 2.75) is 13.0 Å². The van der Waals surface area contributed by atoms with E-state index in [1.807, 2.05) is 0 Å². The van der Waals surface area contributed by atoms with Gasteiger partial charge in [-0.2, -0.15) is 0 Å². The molecule has 0 bridgehead atoms. The Morgan fingerprint density at radius 1 is 1.19 bits per heavy atom. The van der Waals surface area contributed by atoms with Crippen LogP contribution in [0.3, 0.4) is 0 Å². The highest BCUT2D eigenvalue weighted by molar-refractivity contribution is 6.42. The molecule has 2 N–H and O–H groups in total. The maximum absolute atomic E-state index is 11.9. The fourth-order valence-corrected chi connectivity index (χ4v) is 2.28. The van der Waals surface area contributed by atoms with Crippen LogP contribution in [-0.4, -0.2) is 30.9 Å². The van der Waals surface area contributed by atoms with Crippen LogP contribution in [0.2, 0.25) is 10.0 Å². The predicted molar refractivity (Wildman–Crippen MR) is 95.0 cm³/mol. The number of halogens is 2. The molecular weight excluding hydrogens is 383 g/mol. The van der Waals surface area contributed by atoms with Gasteiger partial charge in [-0.15, -0.1) is 0 Å². The van der Waals surface area contributed by atoms with Gasteiger partial charge in [0, 0.05) is 5.56 Å². The van der Waals surface area contributed by atoms with Crippen molar-refractivity contribution in [1.29, 1.82) is 0 Å². The largest absolute Gasteiger partial charge is 0.467 e. The molecule has 1 aromatic heterocycles. The van der Waals surface area contributed by atoms with Crippen LogP contribution >= 0.6 is 23.2 Å². The van der Waals surface area contributed by atoms with Crippen molar-refractivity contribution in [2.24, 2.45) is 0 Å². The maximum Gasteiger partial charge on any atom is 0.325 e. The summed E-state index contributed by atoms with van der Waals surface area (Å²) in [7, 11) is 0. The molecule has 1 atom stereocenters. The molecule has 1 aromatic carbocycles. The average molecular weight is 399 g/mol. The van der Waals surface area contributed by atoms with Crippen molar-refractivity contribution < 1.29 is 23.5 Å². The SMILES string of the molecule is C[C@H](NC(=O)COC(=O)CNC(=O)c1ccc(Cl)c(Cl)c1)c1ccco1. The lowest BCUT2D eigenvalue weighted by Gasteiger charge is -2.11. The molecule has 2 amide bonds. The van der Waals surface area contributed by atoms with Gasteiger partial charge in [0.25, 0.3) is 11.8 Å². The molecule has 2 aromatic rings. The number of carbonyl (C=O) groups excluding carboxylic acids is 3. The molecule has 0 aliphatic carbocycles. The lowest BCUT2D eigenvalue weighted by molar-refractivity contribution is -0.147. The minimum atomic E-state index is -0.751. The number of hydrogen-bond acceptors (Lipinski definition) is 5. The van der Waals surface area contributed by atoms with E-state index in [0.717, 1.165) is 0 Å². The quantitative estimate of drug-likeness (QED) is 0.698. The van der Waals surface area contributed by atoms with Gasteiger partial charge in [-0.3, -0.25) is 14.4 Å². The number of nitrogens with one attached hydrogen (secondary N) is 2. The lowest BCUT2D eigenvalue weighted by atomic mass is 10.2. The summed E-state index contributed by atoms with van der Waals surface area (Å²) in [6.45, 7) is 0.878. The summed E-state index contributed by atoms with van der Waals surface area (Å²) in [5.74, 6) is -1.17. The van der Waals surface area contributed by atoms with E-state index in [4.69, 9.17) is 32.4 Å². The summed E-state index contributed by atoms with van der Waals surface area (Å²) in [5.41, 5.74) is 0.247. The molecular formula is C17H16Cl2N2O5. The van der Waals surface area contributed by atoms with Crippen LogP contribution in [0.1, 0.15) is 29.1 Å². The van der Waals surface area contributed by atoms with Crippen LogP contribution in [-0.2, 0) is 14.3 Å². The monoisotopic (exact) mass is 398 g/mol. The van der Waals surface area contributed by atoms with Crippen LogP contribution in [0.4, 0.5) is 0 Å². The van der Waals surface area contributed by atoms with Crippen molar-refractivity contribution in [3.63, 3.8) is 0 Å². The van der Waals surface area contributed by atoms with Gasteiger partial charge in [0.15, 0.2) is 6.61 Å². The molecule has 0 aliphatic rings. The molecule has 2 rings (SSSR count). The zero-order chi connectivity index (χ0) is 19.1. The third-order valence-electron chi connectivity index (χ3n) is 3.29. The third-order valence-corrected chi connectivity index (χ3v) is 4.03. The Bertz CT molecular complexity index is 792. The summed E-state index contributed by atoms with van der Waals surface area (Å²) in [6.07, 6.45) is 1.49. The number of rotatable bonds is 7. The summed E-state index contributed by atoms with van der Waals surface area (Å²) < 4.78 is 9.96. The summed E-state index contributed by atoms with van der Waals surface area (Å²) in [6, 6.07) is 7.39. The first-order valence-electron chi connectivity index (χ1n) is 7.58. The van der Waals surface area contributed by atoms with Gasteiger partial charge >= 0.3 is 5.97 Å². The molecule has 0 spiro atoms. The first-order valence-corrected chi connectivity index (χ1v) is 8.34. The Kier molecular flexibility index (Phi) is 7.06. The Labute approximate surface area is 159 Å². The number of hydrogen-bond donors (Lipinski definition) is 2. The molecule has 0 fully saturated rings. The van der Waals surface area contributed by atoms with Crippen molar-refractivity contribution in [1.82, 2.24) is 10.6 Å². The second-order valence-corrected chi connectivity index (χ2v) is 6.09. The predicted octanol–water partition coefficient (Wildman–Crippen LogP) is 2.74. The standard InChI is InChI=1S/C17H16Cl2N2O5/c1-10(14-3-2-6-25-14)21-15(22)9-26-16(23)8-20-17(24)11-4-5-12(18)13(19)7-11/h2-7,10H,8-9H2,1H3,(H,20,24)(H,21,22)/t10-/m0/s1. The average Bonchev–Trinajstić information content (AvgIpc) is 3.15. The number of carbonyl (C=O) groups is 3. The zero-order valence-electron chi connectivity index (χ0n) is 13.8. The molecule has 138 valence electrons. The highest BCUT2D eigenvalue weighted by atomic mass is 35.5. The van der Waals surface area contributed by atoms with Gasteiger partial charge in [-0.05, 0) is 37.3 Å². The highest BCUT2D eigenvalue weighted by Gasteiger charge is 2.14. The van der Waals surface area contributed by atoms with E-state index in [1.54, 1.807) is 19.1 Å². The Morgan fingerprint density at radius 2 is 1.96 bits per heavy atom. The van der Waals surface area contributed by atoms with Crippen LogP contribution in [0.15, 0.2) is 41.0 Å². The first kappa shape index (κ1) is 19.8. The summed E-state index contributed by atoms with van der Waals surface area (Å²) in [5, 5.41) is 5.53. The third kappa shape index (κ3) is 5.79. The van der Waals surface area contributed by atoms with Gasteiger partial charge in [0.1, 0.15) is 12.3 Å². The van der Waals surface area contributed by atoms with E-state index in [2.05, 4.69) is 10.6 Å². The smallest absolute Gasteiger partial charge is 0.325 e. The minimum absolute atomic E-state index is 0.226. The van der Waals surface area contributed by atoms with Crippen molar-refractivity contribution >= 4 is 41.0 Å². The lowest BCUT2D eigenvalue weighted by Crippen LogP contribution is -2.34. The Balaban J connectivity index is 1.72. The van der Waals surface area contributed by atoms with E-state index in [1.165, 1.54) is 24.5 Å². The van der Waals surface area contributed by atoms with E-state index in [-0.39, 0.29) is 23.2 Å². The topological polar surface area (TPSA) is 97.6 Å². The highest BCUT2D eigenvalue weighted by Crippen LogP contribution is 2.22. The van der Waals surface area contributed by atoms with Crippen molar-refractivity contribution in [2.75, 3.05) is 13.2 Å². The first-order chi connectivity index (χ1) is 12.4. The van der Waals surface area contributed by atoms with Gasteiger partial charge in [-0.25, -0.2) is 0 Å². The molecule has 0 saturated carbocycles. The second-order valence-electron chi connectivity index (χ2n) is 5.28. The molecule has 9 heteroatoms. The van der Waals surface area contributed by atoms with Crippen LogP contribution < -0.4 is 10.6 Å². The van der Waals surface area contributed by atoms with Gasteiger partial charge < -0.3 is 19.8 Å². The summed E-state index contributed by atoms with van der Waals surface area (Å²) in [4.78, 5) is 35.3. The number of benzene rings is 1. The molecule has 0 aliphatic heterocycles. The molecule has 0 unspecified atom stereocenters. The van der Waals surface area contributed by atoms with Gasteiger partial charge in [0.05, 0.1) is 22.4 Å². The molecule has 26 heavy (non-hydrogen) atoms. The summed E-state index contributed by atoms with van der Waals surface area (Å²) >= 11 is 11.6. The van der Waals surface area contributed by atoms with Crippen LogP contribution in [0.25, 0.3) is 0 Å². The number of furan rings is 1. The van der Waals surface area contributed by atoms with Gasteiger partial charge in [-0.1, -0.05) is 23.2 Å². The Hall–Kier alpha value is -2.51. The van der Waals surface area contributed by atoms with Crippen LogP contribution in [0.5, 0.6) is 0 Å². The van der Waals surface area contributed by atoms with E-state index in [9.17, 15) is 14.4 Å². The number of esters is 1. The minimum Gasteiger partial charge on any atom is -0.467 e. The molecule has 0 saturated heterocycles. The molecule has 7 nitrogen and oxygen atoms in total. The van der Waals surface area contributed by atoms with Crippen molar-refractivity contribution in [3.8, 4) is 0 Å². The van der Waals surface area contributed by atoms with E-state index in [0.29, 0.717) is 10.8 Å². The number of ether oxygens (including phenoxy) is 1. The normalized spacial score (nSPS) is 11.5. The number of amides is 2. The molecule has 1 heterocycles. The molecule has 0 radical (unpaired) electrons. The fraction of sp³-hybridized carbons (Fsp3) is 0.235. The Morgan fingerprint density at radius 3 is 2.62 bits per heavy atom. The van der Waals surface area contributed by atoms with E-state index < -0.39 is 24.4 Å². The zero-order valence-corrected chi connectivity index (χ0v) is 15.3. The van der Waals surface area contributed by atoms with Gasteiger partial charge in [0.2, 0.25) is 0 Å². The van der Waals surface area contributed by atoms with Crippen molar-refractivity contribution in [3.05, 3.63) is 58.0 Å².